The Hall–Kier alpha value is -0.610. The van der Waals surface area contributed by atoms with Gasteiger partial charge in [-0.2, -0.15) is 0 Å². The van der Waals surface area contributed by atoms with Crippen LogP contribution in [0.25, 0.3) is 0 Å². The first-order chi connectivity index (χ1) is 10.1. The van der Waals surface area contributed by atoms with Crippen molar-refractivity contribution >= 4 is 5.91 Å². The van der Waals surface area contributed by atoms with E-state index in [-0.39, 0.29) is 0 Å². The zero-order valence-corrected chi connectivity index (χ0v) is 13.2. The number of fused-ring (bicyclic) bond motifs is 1. The van der Waals surface area contributed by atoms with Gasteiger partial charge in [-0.3, -0.25) is 4.79 Å². The molecule has 0 aromatic heterocycles. The Bertz CT molecular complexity index is 380. The van der Waals surface area contributed by atoms with Gasteiger partial charge in [0, 0.05) is 32.0 Å². The Kier molecular flexibility index (Phi) is 4.55. The summed E-state index contributed by atoms with van der Waals surface area (Å²) in [5.41, 5.74) is -0.481. The summed E-state index contributed by atoms with van der Waals surface area (Å²) < 4.78 is 5.56. The third-order valence-corrected chi connectivity index (χ3v) is 5.84. The molecule has 0 aromatic carbocycles. The van der Waals surface area contributed by atoms with E-state index in [1.165, 1.54) is 6.42 Å². The van der Waals surface area contributed by atoms with Crippen molar-refractivity contribution in [2.45, 2.75) is 70.0 Å². The fourth-order valence-electron chi connectivity index (χ4n) is 4.39. The van der Waals surface area contributed by atoms with Crippen molar-refractivity contribution < 1.29 is 14.6 Å². The van der Waals surface area contributed by atoms with Crippen molar-refractivity contribution in [1.29, 1.82) is 0 Å². The van der Waals surface area contributed by atoms with Crippen molar-refractivity contribution in [3.63, 3.8) is 0 Å². The second-order valence-corrected chi connectivity index (χ2v) is 7.25. The molecule has 4 heteroatoms. The lowest BCUT2D eigenvalue weighted by atomic mass is 9.71. The smallest absolute Gasteiger partial charge is 0.222 e. The van der Waals surface area contributed by atoms with Crippen molar-refractivity contribution in [1.82, 2.24) is 4.90 Å². The third kappa shape index (κ3) is 3.26. The summed E-state index contributed by atoms with van der Waals surface area (Å²) in [6, 6.07) is 0. The van der Waals surface area contributed by atoms with Gasteiger partial charge in [0.15, 0.2) is 0 Å². The van der Waals surface area contributed by atoms with Gasteiger partial charge in [0.25, 0.3) is 0 Å². The normalized spacial score (nSPS) is 39.5. The maximum absolute atomic E-state index is 12.4. The molecule has 0 bridgehead atoms. The number of rotatable bonds is 4. The van der Waals surface area contributed by atoms with Gasteiger partial charge in [-0.25, -0.2) is 0 Å². The van der Waals surface area contributed by atoms with E-state index in [9.17, 15) is 9.90 Å². The Morgan fingerprint density at radius 1 is 1.33 bits per heavy atom. The quantitative estimate of drug-likeness (QED) is 0.866. The Labute approximate surface area is 127 Å². The molecular weight excluding hydrogens is 266 g/mol. The summed E-state index contributed by atoms with van der Waals surface area (Å²) in [5.74, 6) is 1.12. The van der Waals surface area contributed by atoms with Crippen LogP contribution in [0.4, 0.5) is 0 Å². The highest BCUT2D eigenvalue weighted by molar-refractivity contribution is 5.76. The second kappa shape index (κ2) is 6.25. The molecular formula is C17H29NO3. The van der Waals surface area contributed by atoms with Crippen LogP contribution in [0, 0.1) is 11.8 Å². The van der Waals surface area contributed by atoms with E-state index in [0.717, 1.165) is 58.2 Å². The van der Waals surface area contributed by atoms with Gasteiger partial charge in [0.2, 0.25) is 5.91 Å². The second-order valence-electron chi connectivity index (χ2n) is 7.25. The lowest BCUT2D eigenvalue weighted by Gasteiger charge is -2.47. The van der Waals surface area contributed by atoms with E-state index in [2.05, 4.69) is 0 Å². The van der Waals surface area contributed by atoms with Gasteiger partial charge < -0.3 is 14.7 Å². The molecule has 120 valence electrons. The van der Waals surface area contributed by atoms with E-state index >= 15 is 0 Å². The number of likely N-dealkylation sites (tertiary alicyclic amines) is 1. The van der Waals surface area contributed by atoms with Gasteiger partial charge in [-0.15, -0.1) is 0 Å². The largest absolute Gasteiger partial charge is 0.389 e. The Morgan fingerprint density at radius 2 is 2.14 bits per heavy atom. The highest BCUT2D eigenvalue weighted by atomic mass is 16.5. The molecule has 3 fully saturated rings. The fraction of sp³-hybridized carbons (Fsp3) is 0.941. The number of carbonyl (C=O) groups is 1. The number of ether oxygens (including phenoxy) is 1. The standard InChI is InChI=1S/C17H29NO3/c1-2-21-15-9-13(10-15)11-16(19)18-8-7-17(20)6-4-3-5-14(17)12-18/h13-15,20H,2-12H2,1H3. The molecule has 0 spiro atoms. The molecule has 0 radical (unpaired) electrons. The van der Waals surface area contributed by atoms with Crippen molar-refractivity contribution in [3.05, 3.63) is 0 Å². The number of carbonyl (C=O) groups excluding carboxylic acids is 1. The van der Waals surface area contributed by atoms with E-state index in [1.807, 2.05) is 11.8 Å². The predicted octanol–water partition coefficient (Wildman–Crippen LogP) is 2.35. The van der Waals surface area contributed by atoms with Gasteiger partial charge in [0.1, 0.15) is 0 Å². The summed E-state index contributed by atoms with van der Waals surface area (Å²) >= 11 is 0. The monoisotopic (exact) mass is 295 g/mol. The average molecular weight is 295 g/mol. The number of piperidine rings is 1. The van der Waals surface area contributed by atoms with Crippen molar-refractivity contribution in [3.8, 4) is 0 Å². The van der Waals surface area contributed by atoms with Crippen LogP contribution in [0.2, 0.25) is 0 Å². The van der Waals surface area contributed by atoms with Crippen LogP contribution in [0.1, 0.15) is 58.3 Å². The molecule has 4 nitrogen and oxygen atoms in total. The average Bonchev–Trinajstić information content (AvgIpc) is 2.44. The minimum absolute atomic E-state index is 0.294. The number of nitrogens with zero attached hydrogens (tertiary/aromatic N) is 1. The Morgan fingerprint density at radius 3 is 2.90 bits per heavy atom. The minimum atomic E-state index is -0.481. The van der Waals surface area contributed by atoms with Gasteiger partial charge in [-0.05, 0) is 44.9 Å². The first kappa shape index (κ1) is 15.3. The number of hydrogen-bond acceptors (Lipinski definition) is 3. The maximum atomic E-state index is 12.4. The molecule has 2 aliphatic carbocycles. The molecule has 0 aromatic rings. The van der Waals surface area contributed by atoms with E-state index < -0.39 is 5.60 Å². The summed E-state index contributed by atoms with van der Waals surface area (Å²) in [5, 5.41) is 10.7. The number of aliphatic hydroxyl groups is 1. The van der Waals surface area contributed by atoms with Crippen LogP contribution in [0.5, 0.6) is 0 Å². The molecule has 1 aliphatic heterocycles. The molecule has 3 rings (SSSR count). The van der Waals surface area contributed by atoms with Crippen LogP contribution < -0.4 is 0 Å². The summed E-state index contributed by atoms with van der Waals surface area (Å²) in [6.45, 7) is 4.32. The van der Waals surface area contributed by atoms with Crippen LogP contribution >= 0.6 is 0 Å². The highest BCUT2D eigenvalue weighted by Gasteiger charge is 2.44. The third-order valence-electron chi connectivity index (χ3n) is 5.84. The first-order valence-electron chi connectivity index (χ1n) is 8.72. The van der Waals surface area contributed by atoms with Gasteiger partial charge >= 0.3 is 0 Å². The topological polar surface area (TPSA) is 49.8 Å². The molecule has 1 N–H and O–H groups in total. The van der Waals surface area contributed by atoms with Crippen LogP contribution in [-0.2, 0) is 9.53 Å². The lowest BCUT2D eigenvalue weighted by molar-refractivity contribution is -0.146. The predicted molar refractivity (Wildman–Crippen MR) is 80.9 cm³/mol. The lowest BCUT2D eigenvalue weighted by Crippen LogP contribution is -2.55. The molecule has 2 atom stereocenters. The van der Waals surface area contributed by atoms with Gasteiger partial charge in [0.05, 0.1) is 11.7 Å². The maximum Gasteiger partial charge on any atom is 0.222 e. The summed E-state index contributed by atoms with van der Waals surface area (Å²) in [7, 11) is 0. The van der Waals surface area contributed by atoms with E-state index in [4.69, 9.17) is 4.74 Å². The SMILES string of the molecule is CCOC1CC(CC(=O)N2CCC3(O)CCCCC3C2)C1. The summed E-state index contributed by atoms with van der Waals surface area (Å²) in [6.07, 6.45) is 8.27. The highest BCUT2D eigenvalue weighted by Crippen LogP contribution is 2.40. The van der Waals surface area contributed by atoms with Crippen molar-refractivity contribution in [2.75, 3.05) is 19.7 Å². The number of hydrogen-bond donors (Lipinski definition) is 1. The molecule has 1 heterocycles. The van der Waals surface area contributed by atoms with Crippen LogP contribution in [-0.4, -0.2) is 47.3 Å². The van der Waals surface area contributed by atoms with E-state index in [0.29, 0.717) is 30.3 Å². The zero-order valence-electron chi connectivity index (χ0n) is 13.2. The molecule has 2 unspecified atom stereocenters. The van der Waals surface area contributed by atoms with Crippen molar-refractivity contribution in [2.24, 2.45) is 11.8 Å². The van der Waals surface area contributed by atoms with Gasteiger partial charge in [-0.1, -0.05) is 12.8 Å². The Balaban J connectivity index is 1.46. The fourth-order valence-corrected chi connectivity index (χ4v) is 4.39. The first-order valence-corrected chi connectivity index (χ1v) is 8.72. The summed E-state index contributed by atoms with van der Waals surface area (Å²) in [4.78, 5) is 14.5. The molecule has 1 saturated heterocycles. The van der Waals surface area contributed by atoms with Crippen LogP contribution in [0.3, 0.4) is 0 Å². The molecule has 1 amide bonds. The zero-order chi connectivity index (χ0) is 14.9. The van der Waals surface area contributed by atoms with E-state index in [1.54, 1.807) is 0 Å². The number of amides is 1. The minimum Gasteiger partial charge on any atom is -0.389 e. The molecule has 2 saturated carbocycles. The molecule has 21 heavy (non-hydrogen) atoms. The van der Waals surface area contributed by atoms with Crippen LogP contribution in [0.15, 0.2) is 0 Å². The molecule has 3 aliphatic rings.